The Morgan fingerprint density at radius 2 is 1.35 bits per heavy atom. The van der Waals surface area contributed by atoms with Gasteiger partial charge in [-0.15, -0.1) is 0 Å². The summed E-state index contributed by atoms with van der Waals surface area (Å²) in [7, 11) is 1.66. The van der Waals surface area contributed by atoms with Crippen LogP contribution in [0.1, 0.15) is 56.1 Å². The van der Waals surface area contributed by atoms with Crippen molar-refractivity contribution in [1.82, 2.24) is 0 Å². The van der Waals surface area contributed by atoms with Gasteiger partial charge in [-0.2, -0.15) is 0 Å². The zero-order chi connectivity index (χ0) is 33.7. The molecule has 1 aliphatic heterocycles. The maximum Gasteiger partial charge on any atom is 0.303 e. The number of unbranched alkanes of at least 4 members (excludes halogenated alkanes) is 3. The van der Waals surface area contributed by atoms with Crippen molar-refractivity contribution in [2.75, 3.05) is 27.1 Å². The van der Waals surface area contributed by atoms with E-state index in [2.05, 4.69) is 18.2 Å². The summed E-state index contributed by atoms with van der Waals surface area (Å²) in [5, 5.41) is 18.2. The van der Waals surface area contributed by atoms with Gasteiger partial charge in [0.1, 0.15) is 17.2 Å². The largest absolute Gasteiger partial charge is 0.497 e. The van der Waals surface area contributed by atoms with E-state index in [9.17, 15) is 14.7 Å². The normalized spacial score (nSPS) is 11.7. The molecule has 0 saturated carbocycles. The Morgan fingerprint density at radius 3 is 2.12 bits per heavy atom. The van der Waals surface area contributed by atoms with Crippen LogP contribution in [-0.4, -0.2) is 49.3 Å². The molecular weight excluding hydrogens is 612 g/mol. The first kappa shape index (κ1) is 34.2. The zero-order valence-corrected chi connectivity index (χ0v) is 27.2. The lowest BCUT2D eigenvalue weighted by Gasteiger charge is -2.15. The first-order valence-electron chi connectivity index (χ1n) is 16.4. The van der Waals surface area contributed by atoms with Gasteiger partial charge in [-0.05, 0) is 114 Å². The van der Waals surface area contributed by atoms with Crippen LogP contribution in [0.5, 0.6) is 28.7 Å². The smallest absolute Gasteiger partial charge is 0.303 e. The van der Waals surface area contributed by atoms with Crippen molar-refractivity contribution >= 4 is 11.9 Å². The molecular formula is C39H42O9. The number of ether oxygens (including phenoxy) is 5. The van der Waals surface area contributed by atoms with E-state index in [4.69, 9.17) is 28.8 Å². The number of benzene rings is 4. The maximum absolute atomic E-state index is 11.3. The molecule has 4 aromatic carbocycles. The summed E-state index contributed by atoms with van der Waals surface area (Å²) < 4.78 is 28.6. The third-order valence-corrected chi connectivity index (χ3v) is 8.26. The zero-order valence-electron chi connectivity index (χ0n) is 27.2. The summed E-state index contributed by atoms with van der Waals surface area (Å²) in [6.45, 7) is 1.08. The monoisotopic (exact) mass is 654 g/mol. The SMILES string of the molecule is COc1ccc(-c2cc(OCCCCCCc3cccc(OCCCC(=O)O)c3CCC(=O)O)cc(-c3ccc4c(c3)OCO4)c2)cc1. The van der Waals surface area contributed by atoms with Gasteiger partial charge in [0.2, 0.25) is 6.79 Å². The maximum atomic E-state index is 11.3. The van der Waals surface area contributed by atoms with Crippen LogP contribution in [0.4, 0.5) is 0 Å². The first-order chi connectivity index (χ1) is 23.4. The Kier molecular flexibility index (Phi) is 12.2. The van der Waals surface area contributed by atoms with E-state index >= 15 is 0 Å². The molecule has 0 atom stereocenters. The Morgan fingerprint density at radius 1 is 0.646 bits per heavy atom. The molecule has 0 saturated heterocycles. The number of carbonyl (C=O) groups is 2. The van der Waals surface area contributed by atoms with Crippen LogP contribution in [-0.2, 0) is 22.4 Å². The minimum atomic E-state index is -0.864. The van der Waals surface area contributed by atoms with E-state index in [1.54, 1.807) is 7.11 Å². The van der Waals surface area contributed by atoms with Crippen molar-refractivity contribution < 1.29 is 43.5 Å². The number of hydrogen-bond acceptors (Lipinski definition) is 7. The van der Waals surface area contributed by atoms with Crippen LogP contribution in [0.2, 0.25) is 0 Å². The Labute approximate surface area is 281 Å². The van der Waals surface area contributed by atoms with E-state index in [-0.39, 0.29) is 26.2 Å². The number of aryl methyl sites for hydroxylation is 1. The topological polar surface area (TPSA) is 121 Å². The molecule has 1 aliphatic rings. The van der Waals surface area contributed by atoms with E-state index in [0.717, 1.165) is 88.5 Å². The van der Waals surface area contributed by atoms with Crippen molar-refractivity contribution in [3.05, 3.63) is 90.0 Å². The molecule has 0 unspecified atom stereocenters. The Bertz CT molecular complexity index is 1680. The summed E-state index contributed by atoms with van der Waals surface area (Å²) >= 11 is 0. The van der Waals surface area contributed by atoms with Crippen molar-refractivity contribution in [2.24, 2.45) is 0 Å². The van der Waals surface area contributed by atoms with Gasteiger partial charge >= 0.3 is 11.9 Å². The molecule has 0 radical (unpaired) electrons. The lowest BCUT2D eigenvalue weighted by atomic mass is 9.97. The van der Waals surface area contributed by atoms with Crippen LogP contribution in [0.3, 0.4) is 0 Å². The molecule has 252 valence electrons. The predicted octanol–water partition coefficient (Wildman–Crippen LogP) is 8.20. The van der Waals surface area contributed by atoms with Crippen LogP contribution < -0.4 is 23.7 Å². The molecule has 9 nitrogen and oxygen atoms in total. The van der Waals surface area contributed by atoms with Gasteiger partial charge in [0.05, 0.1) is 20.3 Å². The highest BCUT2D eigenvalue weighted by Gasteiger charge is 2.16. The molecule has 9 heteroatoms. The summed E-state index contributed by atoms with van der Waals surface area (Å²) in [5.74, 6) is 1.98. The molecule has 5 rings (SSSR count). The van der Waals surface area contributed by atoms with Gasteiger partial charge in [0.25, 0.3) is 0 Å². The summed E-state index contributed by atoms with van der Waals surface area (Å²) in [5.41, 5.74) is 6.10. The van der Waals surface area contributed by atoms with Crippen molar-refractivity contribution in [1.29, 1.82) is 0 Å². The molecule has 0 aromatic heterocycles. The average molecular weight is 655 g/mol. The van der Waals surface area contributed by atoms with Gasteiger partial charge in [-0.1, -0.05) is 43.2 Å². The fourth-order valence-electron chi connectivity index (χ4n) is 5.74. The highest BCUT2D eigenvalue weighted by molar-refractivity contribution is 5.77. The van der Waals surface area contributed by atoms with E-state index < -0.39 is 11.9 Å². The quantitative estimate of drug-likeness (QED) is 0.0964. The minimum absolute atomic E-state index is 0.00980. The van der Waals surface area contributed by atoms with E-state index in [1.165, 1.54) is 0 Å². The second kappa shape index (κ2) is 17.1. The van der Waals surface area contributed by atoms with E-state index in [1.807, 2.05) is 60.7 Å². The number of carboxylic acids is 2. The van der Waals surface area contributed by atoms with E-state index in [0.29, 0.717) is 25.2 Å². The molecule has 0 fully saturated rings. The van der Waals surface area contributed by atoms with Gasteiger partial charge < -0.3 is 33.9 Å². The summed E-state index contributed by atoms with van der Waals surface area (Å²) in [4.78, 5) is 22.1. The molecule has 0 spiro atoms. The van der Waals surface area contributed by atoms with Crippen LogP contribution in [0.15, 0.2) is 78.9 Å². The highest BCUT2D eigenvalue weighted by atomic mass is 16.7. The van der Waals surface area contributed by atoms with Gasteiger partial charge in [-0.3, -0.25) is 9.59 Å². The molecule has 0 aliphatic carbocycles. The fraction of sp³-hybridized carbons (Fsp3) is 0.333. The fourth-order valence-corrected chi connectivity index (χ4v) is 5.74. The van der Waals surface area contributed by atoms with Crippen molar-refractivity contribution in [3.63, 3.8) is 0 Å². The Balaban J connectivity index is 1.17. The lowest BCUT2D eigenvalue weighted by molar-refractivity contribution is -0.138. The standard InChI is InChI=1S/C39H42O9/c1-44-32-15-12-27(13-16-32)30-22-31(29-14-18-36-37(25-29)48-26-47-36)24-33(23-30)45-20-5-3-2-4-8-28-9-6-10-35(34(28)17-19-39(42)43)46-21-7-11-38(40)41/h6,9-10,12-16,18,22-25H,2-5,7-8,11,17,19-21,26H2,1H3,(H,40,41)(H,42,43). The van der Waals surface area contributed by atoms with Gasteiger partial charge in [0.15, 0.2) is 11.5 Å². The lowest BCUT2D eigenvalue weighted by Crippen LogP contribution is -2.07. The highest BCUT2D eigenvalue weighted by Crippen LogP contribution is 2.38. The number of hydrogen-bond donors (Lipinski definition) is 2. The van der Waals surface area contributed by atoms with Gasteiger partial charge in [-0.25, -0.2) is 0 Å². The molecule has 0 amide bonds. The average Bonchev–Trinajstić information content (AvgIpc) is 3.57. The van der Waals surface area contributed by atoms with Crippen molar-refractivity contribution in [2.45, 2.75) is 57.8 Å². The molecule has 4 aromatic rings. The molecule has 0 bridgehead atoms. The third-order valence-electron chi connectivity index (χ3n) is 8.26. The Hall–Kier alpha value is -5.18. The van der Waals surface area contributed by atoms with Crippen LogP contribution in [0.25, 0.3) is 22.3 Å². The molecule has 2 N–H and O–H groups in total. The number of rotatable bonds is 19. The predicted molar refractivity (Wildman–Crippen MR) is 182 cm³/mol. The second-order valence-corrected chi connectivity index (χ2v) is 11.7. The summed E-state index contributed by atoms with van der Waals surface area (Å²) in [6.07, 6.45) is 5.45. The number of aliphatic carboxylic acids is 2. The minimum Gasteiger partial charge on any atom is -0.497 e. The third kappa shape index (κ3) is 9.67. The molecule has 48 heavy (non-hydrogen) atoms. The van der Waals surface area contributed by atoms with Crippen LogP contribution in [0, 0.1) is 0 Å². The second-order valence-electron chi connectivity index (χ2n) is 11.7. The first-order valence-corrected chi connectivity index (χ1v) is 16.4. The number of methoxy groups -OCH3 is 1. The van der Waals surface area contributed by atoms with Crippen molar-refractivity contribution in [3.8, 4) is 51.0 Å². The molecule has 1 heterocycles. The summed E-state index contributed by atoms with van der Waals surface area (Å²) in [6, 6.07) is 26.0. The number of fused-ring (bicyclic) bond motifs is 1. The van der Waals surface area contributed by atoms with Gasteiger partial charge in [0, 0.05) is 12.8 Å². The van der Waals surface area contributed by atoms with Crippen LogP contribution >= 0.6 is 0 Å². The number of carboxylic acid groups (broad SMARTS) is 2.